The number of carbonyl (C=O) groups excluding carboxylic acids is 2. The minimum Gasteiger partial charge on any atom is -0.481 e. The predicted molar refractivity (Wildman–Crippen MR) is 76.9 cm³/mol. The van der Waals surface area contributed by atoms with Gasteiger partial charge < -0.3 is 5.11 Å². The molecular weight excluding hydrogens is 278 g/mol. The Hall–Kier alpha value is -1.82. The SMILES string of the molecule is Cc1cccc(C)c1N1C(=O)CC(SCC(=O)O)C1=O. The number of amides is 2. The van der Waals surface area contributed by atoms with E-state index >= 15 is 0 Å². The third kappa shape index (κ3) is 2.70. The van der Waals surface area contributed by atoms with Crippen molar-refractivity contribution in [2.24, 2.45) is 0 Å². The van der Waals surface area contributed by atoms with E-state index in [1.165, 1.54) is 4.90 Å². The quantitative estimate of drug-likeness (QED) is 0.856. The number of carbonyl (C=O) groups is 3. The summed E-state index contributed by atoms with van der Waals surface area (Å²) in [5.74, 6) is -1.75. The van der Waals surface area contributed by atoms with Gasteiger partial charge in [-0.2, -0.15) is 0 Å². The number of benzene rings is 1. The van der Waals surface area contributed by atoms with Crippen molar-refractivity contribution < 1.29 is 19.5 Å². The van der Waals surface area contributed by atoms with Crippen molar-refractivity contribution in [1.29, 1.82) is 0 Å². The molecule has 106 valence electrons. The smallest absolute Gasteiger partial charge is 0.313 e. The van der Waals surface area contributed by atoms with Crippen LogP contribution in [0.2, 0.25) is 0 Å². The van der Waals surface area contributed by atoms with Crippen molar-refractivity contribution >= 4 is 35.2 Å². The van der Waals surface area contributed by atoms with Crippen LogP contribution in [-0.4, -0.2) is 33.9 Å². The van der Waals surface area contributed by atoms with Crippen molar-refractivity contribution in [2.45, 2.75) is 25.5 Å². The van der Waals surface area contributed by atoms with E-state index in [2.05, 4.69) is 0 Å². The van der Waals surface area contributed by atoms with Gasteiger partial charge >= 0.3 is 5.97 Å². The van der Waals surface area contributed by atoms with Gasteiger partial charge in [-0.1, -0.05) is 18.2 Å². The van der Waals surface area contributed by atoms with Crippen molar-refractivity contribution in [2.75, 3.05) is 10.7 Å². The zero-order valence-corrected chi connectivity index (χ0v) is 12.1. The Morgan fingerprint density at radius 1 is 1.35 bits per heavy atom. The molecule has 1 aliphatic rings. The zero-order valence-electron chi connectivity index (χ0n) is 11.3. The fourth-order valence-electron chi connectivity index (χ4n) is 2.30. The molecule has 2 rings (SSSR count). The maximum Gasteiger partial charge on any atom is 0.313 e. The first-order valence-corrected chi connectivity index (χ1v) is 7.23. The van der Waals surface area contributed by atoms with Crippen LogP contribution in [0, 0.1) is 13.8 Å². The Morgan fingerprint density at radius 3 is 2.50 bits per heavy atom. The lowest BCUT2D eigenvalue weighted by atomic mass is 10.1. The van der Waals surface area contributed by atoms with E-state index in [9.17, 15) is 14.4 Å². The van der Waals surface area contributed by atoms with E-state index in [0.29, 0.717) is 5.69 Å². The number of imide groups is 1. The molecule has 1 heterocycles. The minimum absolute atomic E-state index is 0.0601. The number of aliphatic carboxylic acids is 1. The number of hydrogen-bond acceptors (Lipinski definition) is 4. The molecule has 0 aromatic heterocycles. The largest absolute Gasteiger partial charge is 0.481 e. The van der Waals surface area contributed by atoms with Crippen LogP contribution in [0.25, 0.3) is 0 Å². The lowest BCUT2D eigenvalue weighted by Gasteiger charge is -2.19. The summed E-state index contributed by atoms with van der Waals surface area (Å²) in [5.41, 5.74) is 2.34. The van der Waals surface area contributed by atoms with Crippen LogP contribution in [0.5, 0.6) is 0 Å². The molecule has 5 nitrogen and oxygen atoms in total. The van der Waals surface area contributed by atoms with Crippen molar-refractivity contribution in [3.8, 4) is 0 Å². The molecular formula is C14H15NO4S. The monoisotopic (exact) mass is 293 g/mol. The predicted octanol–water partition coefficient (Wildman–Crippen LogP) is 1.75. The topological polar surface area (TPSA) is 74.7 Å². The number of aryl methyl sites for hydroxylation is 2. The maximum absolute atomic E-state index is 12.3. The Kier molecular flexibility index (Phi) is 4.13. The van der Waals surface area contributed by atoms with Gasteiger partial charge in [0.05, 0.1) is 16.7 Å². The van der Waals surface area contributed by atoms with Crippen LogP contribution in [0.3, 0.4) is 0 Å². The molecule has 1 aromatic rings. The van der Waals surface area contributed by atoms with Gasteiger partial charge in [-0.3, -0.25) is 14.4 Å². The number of carboxylic acids is 1. The fraction of sp³-hybridized carbons (Fsp3) is 0.357. The Morgan fingerprint density at radius 2 is 1.95 bits per heavy atom. The molecule has 0 radical (unpaired) electrons. The summed E-state index contributed by atoms with van der Waals surface area (Å²) in [5, 5.41) is 8.07. The molecule has 1 atom stereocenters. The number of carboxylic acid groups (broad SMARTS) is 1. The van der Waals surface area contributed by atoms with Crippen molar-refractivity contribution in [3.05, 3.63) is 29.3 Å². The zero-order chi connectivity index (χ0) is 14.9. The first-order valence-electron chi connectivity index (χ1n) is 6.18. The van der Waals surface area contributed by atoms with Gasteiger partial charge in [-0.05, 0) is 25.0 Å². The van der Waals surface area contributed by atoms with Gasteiger partial charge in [0.1, 0.15) is 0 Å². The van der Waals surface area contributed by atoms with Gasteiger partial charge in [0.2, 0.25) is 11.8 Å². The molecule has 0 aliphatic carbocycles. The average molecular weight is 293 g/mol. The molecule has 20 heavy (non-hydrogen) atoms. The molecule has 2 amide bonds. The minimum atomic E-state index is -0.985. The van der Waals surface area contributed by atoms with Crippen LogP contribution in [0.15, 0.2) is 18.2 Å². The van der Waals surface area contributed by atoms with Crippen LogP contribution in [0.4, 0.5) is 5.69 Å². The number of hydrogen-bond donors (Lipinski definition) is 1. The second kappa shape index (κ2) is 5.66. The number of thioether (sulfide) groups is 1. The highest BCUT2D eigenvalue weighted by Gasteiger charge is 2.41. The third-order valence-electron chi connectivity index (χ3n) is 3.18. The van der Waals surface area contributed by atoms with E-state index < -0.39 is 11.2 Å². The number of rotatable bonds is 4. The Labute approximate surface area is 121 Å². The third-order valence-corrected chi connectivity index (χ3v) is 4.36. The molecule has 1 unspecified atom stereocenters. The summed E-state index contributed by atoms with van der Waals surface area (Å²) in [6.07, 6.45) is 0.0601. The number of anilines is 1. The van der Waals surface area contributed by atoms with Crippen molar-refractivity contribution in [3.63, 3.8) is 0 Å². The molecule has 1 fully saturated rings. The van der Waals surface area contributed by atoms with Crippen LogP contribution in [0.1, 0.15) is 17.5 Å². The number of nitrogens with zero attached hydrogens (tertiary/aromatic N) is 1. The van der Waals surface area contributed by atoms with Crippen molar-refractivity contribution in [1.82, 2.24) is 0 Å². The summed E-state index contributed by atoms with van der Waals surface area (Å²) >= 11 is 1.00. The first-order chi connectivity index (χ1) is 9.41. The summed E-state index contributed by atoms with van der Waals surface area (Å²) in [7, 11) is 0. The standard InChI is InChI=1S/C14H15NO4S/c1-8-4-3-5-9(2)13(8)15-11(16)6-10(14(15)19)20-7-12(17)18/h3-5,10H,6-7H2,1-2H3,(H,17,18). The van der Waals surface area contributed by atoms with Gasteiger partial charge in [-0.25, -0.2) is 4.90 Å². The van der Waals surface area contributed by atoms with Gasteiger partial charge in [0, 0.05) is 6.42 Å². The molecule has 1 aliphatic heterocycles. The fourth-order valence-corrected chi connectivity index (χ4v) is 3.15. The second-order valence-corrected chi connectivity index (χ2v) is 5.90. The van der Waals surface area contributed by atoms with Crippen LogP contribution >= 0.6 is 11.8 Å². The normalized spacial score (nSPS) is 18.7. The summed E-state index contributed by atoms with van der Waals surface area (Å²) in [6, 6.07) is 5.57. The molecule has 1 N–H and O–H groups in total. The van der Waals surface area contributed by atoms with E-state index in [1.807, 2.05) is 32.0 Å². The lowest BCUT2D eigenvalue weighted by molar-refractivity contribution is -0.134. The maximum atomic E-state index is 12.3. The molecule has 0 bridgehead atoms. The number of para-hydroxylation sites is 1. The van der Waals surface area contributed by atoms with Crippen LogP contribution in [-0.2, 0) is 14.4 Å². The van der Waals surface area contributed by atoms with Gasteiger partial charge in [0.15, 0.2) is 0 Å². The average Bonchev–Trinajstić information content (AvgIpc) is 2.63. The highest BCUT2D eigenvalue weighted by atomic mass is 32.2. The molecule has 6 heteroatoms. The summed E-state index contributed by atoms with van der Waals surface area (Å²) in [4.78, 5) is 36.2. The van der Waals surface area contributed by atoms with E-state index in [-0.39, 0.29) is 24.0 Å². The Bertz CT molecular complexity index is 564. The van der Waals surface area contributed by atoms with E-state index in [1.54, 1.807) is 0 Å². The summed E-state index contributed by atoms with van der Waals surface area (Å²) < 4.78 is 0. The molecule has 1 saturated heterocycles. The highest BCUT2D eigenvalue weighted by Crippen LogP contribution is 2.33. The molecule has 0 saturated carbocycles. The Balaban J connectivity index is 2.27. The molecule has 1 aromatic carbocycles. The van der Waals surface area contributed by atoms with Crippen LogP contribution < -0.4 is 4.90 Å². The van der Waals surface area contributed by atoms with E-state index in [0.717, 1.165) is 22.9 Å². The van der Waals surface area contributed by atoms with Gasteiger partial charge in [0.25, 0.3) is 0 Å². The second-order valence-electron chi connectivity index (χ2n) is 4.71. The van der Waals surface area contributed by atoms with Gasteiger partial charge in [-0.15, -0.1) is 11.8 Å². The first kappa shape index (κ1) is 14.6. The summed E-state index contributed by atoms with van der Waals surface area (Å²) in [6.45, 7) is 3.70. The van der Waals surface area contributed by atoms with E-state index in [4.69, 9.17) is 5.11 Å². The highest BCUT2D eigenvalue weighted by molar-refractivity contribution is 8.01. The molecule has 0 spiro atoms. The lowest BCUT2D eigenvalue weighted by Crippen LogP contribution is -2.32.